The van der Waals surface area contributed by atoms with Crippen molar-refractivity contribution in [3.63, 3.8) is 0 Å². The molecule has 0 saturated carbocycles. The molecule has 1 saturated heterocycles. The minimum atomic E-state index is -3.48. The Kier molecular flexibility index (Phi) is 4.18. The lowest BCUT2D eigenvalue weighted by atomic mass is 10.1. The number of hydrogen-bond donors (Lipinski definition) is 0. The van der Waals surface area contributed by atoms with Crippen molar-refractivity contribution in [2.24, 2.45) is 0 Å². The summed E-state index contributed by atoms with van der Waals surface area (Å²) in [7, 11) is -3.48. The van der Waals surface area contributed by atoms with Crippen LogP contribution in [0.1, 0.15) is 46.9 Å². The zero-order valence-corrected chi connectivity index (χ0v) is 13.9. The molecular weight excluding hydrogens is 284 g/mol. The maximum absolute atomic E-state index is 12.7. The van der Waals surface area contributed by atoms with Crippen molar-refractivity contribution in [2.75, 3.05) is 0 Å². The van der Waals surface area contributed by atoms with Gasteiger partial charge in [0.1, 0.15) is 6.10 Å². The first-order valence-electron chi connectivity index (χ1n) is 7.83. The Morgan fingerprint density at radius 3 is 2.62 bits per heavy atom. The van der Waals surface area contributed by atoms with E-state index < -0.39 is 14.8 Å². The van der Waals surface area contributed by atoms with Crippen molar-refractivity contribution in [2.45, 2.75) is 62.9 Å². The molecule has 3 nitrogen and oxygen atoms in total. The van der Waals surface area contributed by atoms with E-state index in [1.807, 2.05) is 26.8 Å². The van der Waals surface area contributed by atoms with Crippen molar-refractivity contribution >= 4 is 9.84 Å². The average molecular weight is 309 g/mol. The molecule has 1 aromatic rings. The molecule has 0 aliphatic carbocycles. The lowest BCUT2D eigenvalue weighted by Gasteiger charge is -2.09. The summed E-state index contributed by atoms with van der Waals surface area (Å²) < 4.78 is 38.4. The van der Waals surface area contributed by atoms with E-state index in [9.17, 15) is 8.42 Å². The van der Waals surface area contributed by atoms with Crippen LogP contribution in [0.4, 0.5) is 0 Å². The Morgan fingerprint density at radius 1 is 1.43 bits per heavy atom. The first-order valence-corrected chi connectivity index (χ1v) is 8.74. The van der Waals surface area contributed by atoms with E-state index in [2.05, 4.69) is 0 Å². The fourth-order valence-electron chi connectivity index (χ4n) is 2.48. The first-order chi connectivity index (χ1) is 10.2. The number of benzene rings is 1. The average Bonchev–Trinajstić information content (AvgIpc) is 3.09. The molecule has 3 atom stereocenters. The van der Waals surface area contributed by atoms with Gasteiger partial charge in [0, 0.05) is 1.37 Å². The molecule has 1 aromatic carbocycles. The zero-order valence-electron chi connectivity index (χ0n) is 14.1. The standard InChI is InChI=1S/C17H24O3S/c1-5-6-13(2)9-12-16-17(4,20-16)21(18,19)15-10-7-14(3)8-11-15/h6-8,10-11,16H,5,9,12H2,1-4H3/b13-6+/t16-,17-/m0/s1/i5D/t5?,16-,17-. The summed E-state index contributed by atoms with van der Waals surface area (Å²) in [6, 6.07) is 6.88. The van der Waals surface area contributed by atoms with Gasteiger partial charge >= 0.3 is 0 Å². The number of sulfone groups is 1. The van der Waals surface area contributed by atoms with Gasteiger partial charge in [-0.25, -0.2) is 8.42 Å². The molecule has 1 aliphatic rings. The van der Waals surface area contributed by atoms with Crippen molar-refractivity contribution < 1.29 is 14.5 Å². The minimum Gasteiger partial charge on any atom is -0.349 e. The maximum atomic E-state index is 12.7. The number of ether oxygens (including phenoxy) is 1. The molecular formula is C17H24O3S. The van der Waals surface area contributed by atoms with E-state index in [4.69, 9.17) is 6.11 Å². The van der Waals surface area contributed by atoms with Crippen LogP contribution < -0.4 is 0 Å². The van der Waals surface area contributed by atoms with Crippen LogP contribution in [0.3, 0.4) is 0 Å². The Hall–Kier alpha value is -1.13. The molecule has 0 N–H and O–H groups in total. The van der Waals surface area contributed by atoms with Crippen molar-refractivity contribution in [1.82, 2.24) is 0 Å². The van der Waals surface area contributed by atoms with E-state index in [0.717, 1.165) is 17.6 Å². The third-order valence-corrected chi connectivity index (χ3v) is 6.34. The van der Waals surface area contributed by atoms with Gasteiger partial charge in [0.25, 0.3) is 0 Å². The smallest absolute Gasteiger partial charge is 0.210 e. The monoisotopic (exact) mass is 309 g/mol. The lowest BCUT2D eigenvalue weighted by molar-refractivity contribution is 0.348. The summed E-state index contributed by atoms with van der Waals surface area (Å²) in [6.07, 6.45) is 2.79. The largest absolute Gasteiger partial charge is 0.349 e. The van der Waals surface area contributed by atoms with E-state index >= 15 is 0 Å². The topological polar surface area (TPSA) is 46.7 Å². The zero-order chi connectivity index (χ0) is 16.5. The molecule has 2 rings (SSSR count). The third kappa shape index (κ3) is 3.22. The quantitative estimate of drug-likeness (QED) is 0.589. The molecule has 21 heavy (non-hydrogen) atoms. The molecule has 1 aliphatic heterocycles. The predicted octanol–water partition coefficient (Wildman–Crippen LogP) is 4.02. The van der Waals surface area contributed by atoms with Crippen LogP contribution in [0.5, 0.6) is 0 Å². The predicted molar refractivity (Wildman–Crippen MR) is 84.9 cm³/mol. The molecule has 4 heteroatoms. The van der Waals surface area contributed by atoms with Gasteiger partial charge in [-0.15, -0.1) is 0 Å². The molecule has 0 radical (unpaired) electrons. The first kappa shape index (κ1) is 14.8. The summed E-state index contributed by atoms with van der Waals surface area (Å²) in [5.41, 5.74) is 2.13. The van der Waals surface area contributed by atoms with Crippen molar-refractivity contribution in [3.8, 4) is 0 Å². The van der Waals surface area contributed by atoms with E-state index in [1.54, 1.807) is 31.2 Å². The third-order valence-electron chi connectivity index (χ3n) is 4.02. The van der Waals surface area contributed by atoms with E-state index in [-0.39, 0.29) is 12.5 Å². The SMILES string of the molecule is [2H]C(C)/C=C(\C)CC[C@@H]1O[C@@]1(C)S(=O)(=O)c1ccc(C)cc1. The number of aryl methyl sites for hydroxylation is 1. The van der Waals surface area contributed by atoms with Gasteiger partial charge in [0.05, 0.1) is 4.90 Å². The fourth-order valence-corrected chi connectivity index (χ4v) is 4.15. The molecule has 0 amide bonds. The minimum absolute atomic E-state index is 0.234. The van der Waals surface area contributed by atoms with Crippen LogP contribution in [0, 0.1) is 6.92 Å². The highest BCUT2D eigenvalue weighted by atomic mass is 32.2. The fraction of sp³-hybridized carbons (Fsp3) is 0.529. The van der Waals surface area contributed by atoms with Gasteiger partial charge in [-0.05, 0) is 52.1 Å². The second-order valence-corrected chi connectivity index (χ2v) is 8.11. The summed E-state index contributed by atoms with van der Waals surface area (Å²) in [4.78, 5) is -0.801. The van der Waals surface area contributed by atoms with Crippen LogP contribution >= 0.6 is 0 Å². The lowest BCUT2D eigenvalue weighted by Crippen LogP contribution is -2.24. The van der Waals surface area contributed by atoms with Crippen LogP contribution in [0.25, 0.3) is 0 Å². The van der Waals surface area contributed by atoms with Crippen LogP contribution in [-0.4, -0.2) is 19.5 Å². The molecule has 0 bridgehead atoms. The second kappa shape index (κ2) is 5.93. The Bertz CT molecular complexity index is 662. The van der Waals surface area contributed by atoms with Crippen molar-refractivity contribution in [3.05, 3.63) is 41.5 Å². The molecule has 0 spiro atoms. The van der Waals surface area contributed by atoms with Gasteiger partial charge in [0.2, 0.25) is 9.84 Å². The van der Waals surface area contributed by atoms with Crippen LogP contribution in [0.2, 0.25) is 0 Å². The van der Waals surface area contributed by atoms with E-state index in [0.29, 0.717) is 11.3 Å². The molecule has 1 heterocycles. The summed E-state index contributed by atoms with van der Waals surface area (Å²) in [5.74, 6) is 0. The number of rotatable bonds is 6. The van der Waals surface area contributed by atoms with Gasteiger partial charge in [-0.2, -0.15) is 0 Å². The Balaban J connectivity index is 2.06. The number of epoxide rings is 1. The summed E-state index contributed by atoms with van der Waals surface area (Å²) >= 11 is 0. The van der Waals surface area contributed by atoms with Gasteiger partial charge in [0.15, 0.2) is 4.93 Å². The molecule has 1 fully saturated rings. The van der Waals surface area contributed by atoms with Gasteiger partial charge in [-0.3, -0.25) is 0 Å². The highest BCUT2D eigenvalue weighted by Gasteiger charge is 2.62. The number of allylic oxidation sites excluding steroid dienone is 2. The second-order valence-electron chi connectivity index (χ2n) is 5.82. The van der Waals surface area contributed by atoms with Crippen molar-refractivity contribution in [1.29, 1.82) is 0 Å². The molecule has 1 unspecified atom stereocenters. The number of hydrogen-bond acceptors (Lipinski definition) is 3. The van der Waals surface area contributed by atoms with Crippen LogP contribution in [-0.2, 0) is 14.6 Å². The normalized spacial score (nSPS) is 28.1. The summed E-state index contributed by atoms with van der Waals surface area (Å²) in [6.45, 7) is 7.36. The van der Waals surface area contributed by atoms with Gasteiger partial charge < -0.3 is 4.74 Å². The van der Waals surface area contributed by atoms with Crippen LogP contribution in [0.15, 0.2) is 40.8 Å². The highest BCUT2D eigenvalue weighted by Crippen LogP contribution is 2.47. The highest BCUT2D eigenvalue weighted by molar-refractivity contribution is 7.93. The Morgan fingerprint density at radius 2 is 2.05 bits per heavy atom. The maximum Gasteiger partial charge on any atom is 0.210 e. The molecule has 116 valence electrons. The summed E-state index contributed by atoms with van der Waals surface area (Å²) in [5, 5.41) is 0. The Labute approximate surface area is 129 Å². The van der Waals surface area contributed by atoms with E-state index in [1.165, 1.54) is 0 Å². The molecule has 0 aromatic heterocycles. The van der Waals surface area contributed by atoms with Gasteiger partial charge in [-0.1, -0.05) is 36.3 Å².